The predicted molar refractivity (Wildman–Crippen MR) is 69.2 cm³/mol. The molecule has 0 saturated carbocycles. The van der Waals surface area contributed by atoms with Gasteiger partial charge in [0.05, 0.1) is 0 Å². The predicted octanol–water partition coefficient (Wildman–Crippen LogP) is 3.30. The molecule has 0 radical (unpaired) electrons. The number of hydrogen-bond acceptors (Lipinski definition) is 2. The third-order valence-corrected chi connectivity index (χ3v) is 3.02. The van der Waals surface area contributed by atoms with Gasteiger partial charge in [0.1, 0.15) is 0 Å². The first-order valence-electron chi connectivity index (χ1n) is 5.04. The first-order valence-corrected chi connectivity index (χ1v) is 5.79. The summed E-state index contributed by atoms with van der Waals surface area (Å²) in [7, 11) is 0. The Balaban J connectivity index is 2.83. The van der Waals surface area contributed by atoms with Gasteiger partial charge in [-0.1, -0.05) is 29.3 Å². The molecule has 0 spiro atoms. The average Bonchev–Trinajstić information content (AvgIpc) is 2.26. The quantitative estimate of drug-likeness (QED) is 0.367. The number of terminal acetylenes is 1. The summed E-state index contributed by atoms with van der Waals surface area (Å²) >= 11 is 12.2. The van der Waals surface area contributed by atoms with E-state index in [2.05, 4.69) is 11.3 Å². The topological polar surface area (TPSA) is 38.0 Å². The van der Waals surface area contributed by atoms with Crippen molar-refractivity contribution < 1.29 is 0 Å². The maximum absolute atomic E-state index is 6.10. The lowest BCUT2D eigenvalue weighted by molar-refractivity contribution is 0.503. The molecule has 0 aromatic heterocycles. The first-order chi connectivity index (χ1) is 7.70. The normalized spacial score (nSPS) is 12.1. The van der Waals surface area contributed by atoms with Crippen LogP contribution in [0.3, 0.4) is 0 Å². The van der Waals surface area contributed by atoms with Crippen LogP contribution in [0.5, 0.6) is 0 Å². The van der Waals surface area contributed by atoms with Gasteiger partial charge in [0, 0.05) is 28.1 Å². The molecular weight excluding hydrogens is 243 g/mol. The molecule has 0 amide bonds. The Kier molecular flexibility index (Phi) is 5.65. The van der Waals surface area contributed by atoms with Gasteiger partial charge in [-0.05, 0) is 25.0 Å². The van der Waals surface area contributed by atoms with E-state index in [1.807, 2.05) is 6.07 Å². The second-order valence-corrected chi connectivity index (χ2v) is 4.27. The van der Waals surface area contributed by atoms with Gasteiger partial charge in [-0.25, -0.2) is 0 Å². The zero-order chi connectivity index (χ0) is 12.0. The lowest BCUT2D eigenvalue weighted by atomic mass is 10.0. The summed E-state index contributed by atoms with van der Waals surface area (Å²) in [6, 6.07) is 5.35. The van der Waals surface area contributed by atoms with Crippen LogP contribution in [-0.2, 0) is 0 Å². The fourth-order valence-electron chi connectivity index (χ4n) is 1.56. The molecule has 0 fully saturated rings. The van der Waals surface area contributed by atoms with Crippen LogP contribution in [0.4, 0.5) is 0 Å². The van der Waals surface area contributed by atoms with Crippen molar-refractivity contribution in [1.82, 2.24) is 5.43 Å². The third-order valence-electron chi connectivity index (χ3n) is 2.36. The Labute approximate surface area is 106 Å². The number of unbranched alkanes of at least 4 members (excludes halogenated alkanes) is 1. The SMILES string of the molecule is C#CCCCC(NN)c1c(Cl)cccc1Cl. The molecule has 4 heteroatoms. The molecule has 0 bridgehead atoms. The highest BCUT2D eigenvalue weighted by Gasteiger charge is 2.15. The van der Waals surface area contributed by atoms with Crippen LogP contribution < -0.4 is 11.3 Å². The average molecular weight is 257 g/mol. The maximum atomic E-state index is 6.10. The standard InChI is InChI=1S/C12H14Cl2N2/c1-2-3-4-8-11(16-15)12-9(13)6-5-7-10(12)14/h1,5-7,11,16H,3-4,8,15H2. The molecule has 3 N–H and O–H groups in total. The smallest absolute Gasteiger partial charge is 0.0489 e. The molecule has 0 heterocycles. The van der Waals surface area contributed by atoms with Gasteiger partial charge in [0.25, 0.3) is 0 Å². The van der Waals surface area contributed by atoms with Gasteiger partial charge < -0.3 is 0 Å². The molecule has 0 aliphatic heterocycles. The van der Waals surface area contributed by atoms with E-state index >= 15 is 0 Å². The summed E-state index contributed by atoms with van der Waals surface area (Å²) in [6.45, 7) is 0. The van der Waals surface area contributed by atoms with Crippen LogP contribution in [0.25, 0.3) is 0 Å². The van der Waals surface area contributed by atoms with E-state index in [4.69, 9.17) is 35.5 Å². The van der Waals surface area contributed by atoms with Crippen molar-refractivity contribution in [2.75, 3.05) is 0 Å². The number of rotatable bonds is 5. The van der Waals surface area contributed by atoms with Crippen molar-refractivity contribution in [1.29, 1.82) is 0 Å². The molecule has 0 saturated heterocycles. The monoisotopic (exact) mass is 256 g/mol. The maximum Gasteiger partial charge on any atom is 0.0489 e. The van der Waals surface area contributed by atoms with Crippen molar-refractivity contribution in [2.45, 2.75) is 25.3 Å². The summed E-state index contributed by atoms with van der Waals surface area (Å²) < 4.78 is 0. The van der Waals surface area contributed by atoms with E-state index in [1.54, 1.807) is 12.1 Å². The Bertz CT molecular complexity index is 365. The van der Waals surface area contributed by atoms with Crippen molar-refractivity contribution in [3.63, 3.8) is 0 Å². The first kappa shape index (κ1) is 13.3. The molecule has 0 aliphatic rings. The Morgan fingerprint density at radius 3 is 2.50 bits per heavy atom. The molecule has 0 aliphatic carbocycles. The lowest BCUT2D eigenvalue weighted by Crippen LogP contribution is -2.28. The zero-order valence-corrected chi connectivity index (χ0v) is 10.4. The van der Waals surface area contributed by atoms with E-state index in [-0.39, 0.29) is 6.04 Å². The van der Waals surface area contributed by atoms with Crippen LogP contribution in [0.15, 0.2) is 18.2 Å². The lowest BCUT2D eigenvalue weighted by Gasteiger charge is -2.18. The van der Waals surface area contributed by atoms with Crippen LogP contribution in [0.1, 0.15) is 30.9 Å². The Morgan fingerprint density at radius 1 is 1.38 bits per heavy atom. The Hall–Kier alpha value is -0.720. The van der Waals surface area contributed by atoms with Crippen molar-refractivity contribution in [2.24, 2.45) is 5.84 Å². The summed E-state index contributed by atoms with van der Waals surface area (Å²) in [4.78, 5) is 0. The minimum atomic E-state index is -0.0606. The van der Waals surface area contributed by atoms with Gasteiger partial charge >= 0.3 is 0 Å². The fourth-order valence-corrected chi connectivity index (χ4v) is 2.22. The number of benzene rings is 1. The number of nitrogens with one attached hydrogen (secondary N) is 1. The van der Waals surface area contributed by atoms with Crippen molar-refractivity contribution in [3.8, 4) is 12.3 Å². The van der Waals surface area contributed by atoms with E-state index < -0.39 is 0 Å². The van der Waals surface area contributed by atoms with E-state index in [1.165, 1.54) is 0 Å². The van der Waals surface area contributed by atoms with Crippen LogP contribution in [-0.4, -0.2) is 0 Å². The molecule has 1 aromatic carbocycles. The summed E-state index contributed by atoms with van der Waals surface area (Å²) in [5.41, 5.74) is 3.56. The summed E-state index contributed by atoms with van der Waals surface area (Å²) in [5, 5.41) is 1.24. The highest BCUT2D eigenvalue weighted by molar-refractivity contribution is 6.36. The second kappa shape index (κ2) is 6.78. The van der Waals surface area contributed by atoms with Crippen molar-refractivity contribution in [3.05, 3.63) is 33.8 Å². The molecule has 1 atom stereocenters. The molecule has 16 heavy (non-hydrogen) atoms. The number of hydrogen-bond donors (Lipinski definition) is 2. The van der Waals surface area contributed by atoms with Gasteiger partial charge in [-0.15, -0.1) is 12.3 Å². The number of nitrogens with two attached hydrogens (primary N) is 1. The minimum absolute atomic E-state index is 0.0606. The molecule has 1 unspecified atom stereocenters. The third kappa shape index (κ3) is 3.40. The minimum Gasteiger partial charge on any atom is -0.271 e. The summed E-state index contributed by atoms with van der Waals surface area (Å²) in [5.74, 6) is 8.10. The van der Waals surface area contributed by atoms with E-state index in [0.717, 1.165) is 24.8 Å². The number of hydrazine groups is 1. The van der Waals surface area contributed by atoms with E-state index in [9.17, 15) is 0 Å². The van der Waals surface area contributed by atoms with Crippen LogP contribution >= 0.6 is 23.2 Å². The van der Waals surface area contributed by atoms with E-state index in [0.29, 0.717) is 10.0 Å². The van der Waals surface area contributed by atoms with Crippen molar-refractivity contribution >= 4 is 23.2 Å². The van der Waals surface area contributed by atoms with Crippen LogP contribution in [0, 0.1) is 12.3 Å². The zero-order valence-electron chi connectivity index (χ0n) is 8.84. The fraction of sp³-hybridized carbons (Fsp3) is 0.333. The molecule has 86 valence electrons. The highest BCUT2D eigenvalue weighted by atomic mass is 35.5. The van der Waals surface area contributed by atoms with Crippen LogP contribution in [0.2, 0.25) is 10.0 Å². The highest BCUT2D eigenvalue weighted by Crippen LogP contribution is 2.32. The Morgan fingerprint density at radius 2 is 2.00 bits per heavy atom. The molecule has 2 nitrogen and oxygen atoms in total. The molecule has 1 aromatic rings. The van der Waals surface area contributed by atoms with Gasteiger partial charge in [-0.2, -0.15) is 0 Å². The van der Waals surface area contributed by atoms with Gasteiger partial charge in [0.15, 0.2) is 0 Å². The summed E-state index contributed by atoms with van der Waals surface area (Å²) in [6.07, 6.45) is 7.61. The molecular formula is C12H14Cl2N2. The molecule has 1 rings (SSSR count). The number of halogens is 2. The van der Waals surface area contributed by atoms with Gasteiger partial charge in [0.2, 0.25) is 0 Å². The van der Waals surface area contributed by atoms with Gasteiger partial charge in [-0.3, -0.25) is 11.3 Å². The largest absolute Gasteiger partial charge is 0.271 e. The second-order valence-electron chi connectivity index (χ2n) is 3.45.